The third-order valence-electron chi connectivity index (χ3n) is 6.56. The van der Waals surface area contributed by atoms with E-state index in [4.69, 9.17) is 0 Å². The molecule has 2 aromatic carbocycles. The molecule has 2 aromatic heterocycles. The highest BCUT2D eigenvalue weighted by atomic mass is 19.2. The van der Waals surface area contributed by atoms with Crippen LogP contribution in [0.1, 0.15) is 66.1 Å². The van der Waals surface area contributed by atoms with Crippen molar-refractivity contribution in [3.05, 3.63) is 99.3 Å². The topological polar surface area (TPSA) is 126 Å². The summed E-state index contributed by atoms with van der Waals surface area (Å²) in [7, 11) is 0. The molecule has 0 saturated carbocycles. The van der Waals surface area contributed by atoms with Gasteiger partial charge in [-0.15, -0.1) is 0 Å². The fraction of sp³-hybridized carbons (Fsp3) is 0.192. The summed E-state index contributed by atoms with van der Waals surface area (Å²) in [6, 6.07) is 7.03. The Hall–Kier alpha value is -4.74. The van der Waals surface area contributed by atoms with E-state index < -0.39 is 41.3 Å². The lowest BCUT2D eigenvalue weighted by molar-refractivity contribution is 0.0695. The van der Waals surface area contributed by atoms with Gasteiger partial charge in [0.2, 0.25) is 0 Å². The number of hydrogen-bond donors (Lipinski definition) is 3. The van der Waals surface area contributed by atoms with Crippen LogP contribution in [0.15, 0.2) is 42.6 Å². The van der Waals surface area contributed by atoms with Crippen molar-refractivity contribution < 1.29 is 32.7 Å². The van der Waals surface area contributed by atoms with Gasteiger partial charge in [0, 0.05) is 12.6 Å². The number of fused-ring (bicyclic) bond motifs is 2. The summed E-state index contributed by atoms with van der Waals surface area (Å²) in [5, 5.41) is 18.6. The molecule has 0 bridgehead atoms. The Kier molecular flexibility index (Phi) is 6.31. The second kappa shape index (κ2) is 9.61. The van der Waals surface area contributed by atoms with E-state index in [1.165, 1.54) is 12.1 Å². The number of nitrogens with zero attached hydrogens (tertiary/aromatic N) is 3. The van der Waals surface area contributed by atoms with E-state index in [9.17, 15) is 32.7 Å². The van der Waals surface area contributed by atoms with Gasteiger partial charge in [-0.2, -0.15) is 5.10 Å². The Morgan fingerprint density at radius 3 is 2.58 bits per heavy atom. The van der Waals surface area contributed by atoms with Crippen molar-refractivity contribution in [2.45, 2.75) is 32.4 Å². The number of carboxylic acid groups (broad SMARTS) is 1. The maximum Gasteiger partial charge on any atom is 0.335 e. The number of aromatic nitrogens is 3. The van der Waals surface area contributed by atoms with Crippen molar-refractivity contribution in [3.8, 4) is 0 Å². The van der Waals surface area contributed by atoms with Crippen LogP contribution in [-0.4, -0.2) is 37.5 Å². The molecular weight excluding hydrogens is 503 g/mol. The van der Waals surface area contributed by atoms with E-state index in [-0.39, 0.29) is 34.7 Å². The molecule has 1 aliphatic rings. The number of hydrogen-bond acceptors (Lipinski definition) is 5. The Morgan fingerprint density at radius 1 is 1.05 bits per heavy atom. The van der Waals surface area contributed by atoms with Gasteiger partial charge in [-0.3, -0.25) is 9.59 Å². The molecule has 9 nitrogen and oxygen atoms in total. The first-order valence-electron chi connectivity index (χ1n) is 11.6. The second-order valence-electron chi connectivity index (χ2n) is 8.86. The van der Waals surface area contributed by atoms with Gasteiger partial charge in [0.15, 0.2) is 23.1 Å². The third-order valence-corrected chi connectivity index (χ3v) is 6.56. The van der Waals surface area contributed by atoms with E-state index in [1.54, 1.807) is 13.0 Å². The Labute approximate surface area is 213 Å². The van der Waals surface area contributed by atoms with E-state index in [2.05, 4.69) is 20.7 Å². The number of rotatable bonds is 6. The van der Waals surface area contributed by atoms with Crippen LogP contribution < -0.4 is 10.6 Å². The zero-order valence-electron chi connectivity index (χ0n) is 19.9. The van der Waals surface area contributed by atoms with Gasteiger partial charge >= 0.3 is 5.97 Å². The van der Waals surface area contributed by atoms with E-state index in [0.29, 0.717) is 18.4 Å². The summed E-state index contributed by atoms with van der Waals surface area (Å²) in [6.07, 6.45) is 1.95. The molecule has 1 aliphatic carbocycles. The predicted octanol–water partition coefficient (Wildman–Crippen LogP) is 3.50. The quantitative estimate of drug-likeness (QED) is 0.355. The molecule has 3 N–H and O–H groups in total. The average Bonchev–Trinajstić information content (AvgIpc) is 3.47. The molecule has 0 radical (unpaired) electrons. The predicted molar refractivity (Wildman–Crippen MR) is 127 cm³/mol. The fourth-order valence-corrected chi connectivity index (χ4v) is 4.63. The SMILES string of the molecule is Cc1c(C(=O)O)ccc2c1CC[C@@H]2NC(=O)c1cc(C(=O)NCc2ccc(F)c(F)c2)nc2c(F)cnn12. The lowest BCUT2D eigenvalue weighted by Crippen LogP contribution is -2.30. The number of amides is 2. The maximum absolute atomic E-state index is 14.4. The molecule has 38 heavy (non-hydrogen) atoms. The summed E-state index contributed by atoms with van der Waals surface area (Å²) in [4.78, 5) is 41.5. The minimum Gasteiger partial charge on any atom is -0.478 e. The lowest BCUT2D eigenvalue weighted by atomic mass is 9.98. The molecule has 2 amide bonds. The summed E-state index contributed by atoms with van der Waals surface area (Å²) in [5.74, 6) is -5.39. The molecule has 1 atom stereocenters. The van der Waals surface area contributed by atoms with Gasteiger partial charge in [0.1, 0.15) is 11.4 Å². The van der Waals surface area contributed by atoms with Crippen LogP contribution in [0.4, 0.5) is 13.2 Å². The Bertz CT molecular complexity index is 1640. The van der Waals surface area contributed by atoms with Crippen LogP contribution in [0, 0.1) is 24.4 Å². The smallest absolute Gasteiger partial charge is 0.335 e. The normalized spacial score (nSPS) is 14.4. The first-order valence-corrected chi connectivity index (χ1v) is 11.6. The van der Waals surface area contributed by atoms with Crippen molar-refractivity contribution in [3.63, 3.8) is 0 Å². The zero-order chi connectivity index (χ0) is 27.1. The van der Waals surface area contributed by atoms with Crippen molar-refractivity contribution in [1.82, 2.24) is 25.2 Å². The van der Waals surface area contributed by atoms with Crippen molar-refractivity contribution in [1.29, 1.82) is 0 Å². The summed E-state index contributed by atoms with van der Waals surface area (Å²) in [5.41, 5.74) is 1.96. The molecule has 2 heterocycles. The molecule has 0 saturated heterocycles. The largest absolute Gasteiger partial charge is 0.478 e. The maximum atomic E-state index is 14.4. The van der Waals surface area contributed by atoms with E-state index in [1.807, 2.05) is 0 Å². The molecule has 0 fully saturated rings. The van der Waals surface area contributed by atoms with Crippen molar-refractivity contribution >= 4 is 23.4 Å². The molecule has 0 aliphatic heterocycles. The first kappa shape index (κ1) is 24.9. The first-order chi connectivity index (χ1) is 18.1. The zero-order valence-corrected chi connectivity index (χ0v) is 19.9. The summed E-state index contributed by atoms with van der Waals surface area (Å²) >= 11 is 0. The van der Waals surface area contributed by atoms with Crippen LogP contribution in [0.3, 0.4) is 0 Å². The van der Waals surface area contributed by atoms with Gasteiger partial charge in [-0.25, -0.2) is 27.5 Å². The molecule has 0 spiro atoms. The number of halogens is 3. The fourth-order valence-electron chi connectivity index (χ4n) is 4.63. The van der Waals surface area contributed by atoms with Crippen LogP contribution in [-0.2, 0) is 13.0 Å². The number of aromatic carboxylic acids is 1. The molecule has 12 heteroatoms. The highest BCUT2D eigenvalue weighted by molar-refractivity contribution is 5.98. The average molecular weight is 523 g/mol. The Morgan fingerprint density at radius 2 is 1.84 bits per heavy atom. The van der Waals surface area contributed by atoms with Crippen LogP contribution >= 0.6 is 0 Å². The highest BCUT2D eigenvalue weighted by Crippen LogP contribution is 2.35. The number of benzene rings is 2. The number of carbonyl (C=O) groups is 3. The van der Waals surface area contributed by atoms with Gasteiger partial charge in [0.25, 0.3) is 11.8 Å². The monoisotopic (exact) mass is 523 g/mol. The highest BCUT2D eigenvalue weighted by Gasteiger charge is 2.29. The van der Waals surface area contributed by atoms with Crippen LogP contribution in [0.2, 0.25) is 0 Å². The summed E-state index contributed by atoms with van der Waals surface area (Å²) in [6.45, 7) is 1.55. The van der Waals surface area contributed by atoms with E-state index >= 15 is 0 Å². The molecule has 5 rings (SSSR count). The van der Waals surface area contributed by atoms with Crippen LogP contribution in [0.25, 0.3) is 5.65 Å². The van der Waals surface area contributed by atoms with Gasteiger partial charge in [-0.1, -0.05) is 12.1 Å². The standard InChI is InChI=1S/C26H20F3N5O4/c1-12-14-5-7-20(16(14)4-3-15(12)26(37)38)33-25(36)22-9-21(32-23-19(29)11-31-34(22)23)24(35)30-10-13-2-6-17(27)18(28)8-13/h2-4,6,8-9,11,20H,5,7,10H2,1H3,(H,30,35)(H,33,36)(H,37,38)/t20-/m0/s1. The second-order valence-corrected chi connectivity index (χ2v) is 8.86. The molecule has 194 valence electrons. The van der Waals surface area contributed by atoms with Crippen LogP contribution in [0.5, 0.6) is 0 Å². The minimum atomic E-state index is -1.07. The van der Waals surface area contributed by atoms with Gasteiger partial charge < -0.3 is 15.7 Å². The van der Waals surface area contributed by atoms with Crippen molar-refractivity contribution in [2.75, 3.05) is 0 Å². The summed E-state index contributed by atoms with van der Waals surface area (Å²) < 4.78 is 42.0. The van der Waals surface area contributed by atoms with Gasteiger partial charge in [-0.05, 0) is 60.2 Å². The molecule has 0 unspecified atom stereocenters. The number of carboxylic acids is 1. The minimum absolute atomic E-state index is 0.149. The molecule has 4 aromatic rings. The lowest BCUT2D eigenvalue weighted by Gasteiger charge is -2.16. The van der Waals surface area contributed by atoms with Gasteiger partial charge in [0.05, 0.1) is 17.8 Å². The Balaban J connectivity index is 1.41. The number of carbonyl (C=O) groups excluding carboxylic acids is 2. The van der Waals surface area contributed by atoms with E-state index in [0.717, 1.165) is 40.0 Å². The van der Waals surface area contributed by atoms with Crippen molar-refractivity contribution in [2.24, 2.45) is 0 Å². The molecular formula is C26H20F3N5O4. The third kappa shape index (κ3) is 4.44. The number of nitrogens with one attached hydrogen (secondary N) is 2.